The fourth-order valence-electron chi connectivity index (χ4n) is 5.36. The summed E-state index contributed by atoms with van der Waals surface area (Å²) >= 11 is 5.89. The normalized spacial score (nSPS) is 16.4. The molecule has 0 aliphatic carbocycles. The molecular formula is C31H31N5O4S. The Hall–Kier alpha value is -4.54. The first-order chi connectivity index (χ1) is 19.8. The van der Waals surface area contributed by atoms with E-state index >= 15 is 0 Å². The van der Waals surface area contributed by atoms with Crippen molar-refractivity contribution >= 4 is 40.6 Å². The maximum atomic E-state index is 12.2. The van der Waals surface area contributed by atoms with E-state index in [9.17, 15) is 9.59 Å². The lowest BCUT2D eigenvalue weighted by Gasteiger charge is -2.28. The van der Waals surface area contributed by atoms with Gasteiger partial charge in [0.2, 0.25) is 5.91 Å². The zero-order chi connectivity index (χ0) is 29.1. The van der Waals surface area contributed by atoms with Gasteiger partial charge in [-0.05, 0) is 92.3 Å². The molecule has 0 saturated carbocycles. The summed E-state index contributed by atoms with van der Waals surface area (Å²) in [7, 11) is 2.86. The van der Waals surface area contributed by atoms with Crippen molar-refractivity contribution in [1.29, 1.82) is 0 Å². The molecule has 0 spiro atoms. The van der Waals surface area contributed by atoms with E-state index in [1.165, 1.54) is 14.2 Å². The number of carbonyl (C=O) groups is 2. The lowest BCUT2D eigenvalue weighted by atomic mass is 9.96. The van der Waals surface area contributed by atoms with Crippen molar-refractivity contribution in [2.24, 2.45) is 0 Å². The Morgan fingerprint density at radius 1 is 1.00 bits per heavy atom. The van der Waals surface area contributed by atoms with Crippen molar-refractivity contribution in [3.63, 3.8) is 0 Å². The molecule has 1 aliphatic heterocycles. The lowest BCUT2D eigenvalue weighted by Crippen LogP contribution is -2.29. The van der Waals surface area contributed by atoms with Crippen LogP contribution in [0.3, 0.4) is 0 Å². The molecule has 210 valence electrons. The Balaban J connectivity index is 1.58. The summed E-state index contributed by atoms with van der Waals surface area (Å²) in [4.78, 5) is 31.0. The minimum atomic E-state index is -0.386. The molecule has 2 aromatic heterocycles. The summed E-state index contributed by atoms with van der Waals surface area (Å²) in [6.45, 7) is 4.09. The molecule has 2 unspecified atom stereocenters. The Morgan fingerprint density at radius 3 is 2.46 bits per heavy atom. The molecule has 41 heavy (non-hydrogen) atoms. The number of aromatic nitrogens is 2. The number of hydrogen-bond acceptors (Lipinski definition) is 6. The molecule has 5 rings (SSSR count). The maximum Gasteiger partial charge on any atom is 0.337 e. The largest absolute Gasteiger partial charge is 0.465 e. The van der Waals surface area contributed by atoms with E-state index in [1.807, 2.05) is 67.6 Å². The van der Waals surface area contributed by atoms with Crippen LogP contribution in [0.5, 0.6) is 0 Å². The highest BCUT2D eigenvalue weighted by Gasteiger charge is 2.42. The predicted molar refractivity (Wildman–Crippen MR) is 161 cm³/mol. The van der Waals surface area contributed by atoms with Gasteiger partial charge in [0, 0.05) is 41.8 Å². The van der Waals surface area contributed by atoms with Crippen LogP contribution in [-0.4, -0.2) is 47.4 Å². The summed E-state index contributed by atoms with van der Waals surface area (Å²) in [5, 5.41) is 6.89. The number of methoxy groups -OCH3 is 2. The molecule has 2 aromatic carbocycles. The highest BCUT2D eigenvalue weighted by molar-refractivity contribution is 7.80. The molecule has 10 heteroatoms. The van der Waals surface area contributed by atoms with Gasteiger partial charge < -0.3 is 29.6 Å². The first kappa shape index (κ1) is 28.0. The van der Waals surface area contributed by atoms with Crippen molar-refractivity contribution in [2.75, 3.05) is 31.0 Å². The zero-order valence-corrected chi connectivity index (χ0v) is 24.1. The average Bonchev–Trinajstić information content (AvgIpc) is 3.48. The third-order valence-electron chi connectivity index (χ3n) is 7.12. The number of aryl methyl sites for hydroxylation is 1. The van der Waals surface area contributed by atoms with Gasteiger partial charge in [0.15, 0.2) is 5.11 Å². The number of carbonyl (C=O) groups excluding carboxylic acids is 2. The molecule has 4 aromatic rings. The Morgan fingerprint density at radius 2 is 1.78 bits per heavy atom. The summed E-state index contributed by atoms with van der Waals surface area (Å²) in [6, 6.07) is 22.5. The topological polar surface area (TPSA) is 97.7 Å². The molecule has 1 saturated heterocycles. The molecule has 1 amide bonds. The van der Waals surface area contributed by atoms with E-state index in [0.29, 0.717) is 16.4 Å². The second kappa shape index (κ2) is 11.9. The van der Waals surface area contributed by atoms with Crippen molar-refractivity contribution in [1.82, 2.24) is 14.9 Å². The second-order valence-corrected chi connectivity index (χ2v) is 10.1. The summed E-state index contributed by atoms with van der Waals surface area (Å²) < 4.78 is 12.0. The monoisotopic (exact) mass is 569 g/mol. The summed E-state index contributed by atoms with van der Waals surface area (Å²) in [6.07, 6.45) is 1.78. The highest BCUT2D eigenvalue weighted by Crippen LogP contribution is 2.44. The first-order valence-corrected chi connectivity index (χ1v) is 13.5. The molecule has 3 heterocycles. The minimum Gasteiger partial charge on any atom is -0.465 e. The average molecular weight is 570 g/mol. The van der Waals surface area contributed by atoms with E-state index < -0.39 is 0 Å². The van der Waals surface area contributed by atoms with Crippen molar-refractivity contribution in [3.8, 4) is 5.69 Å². The van der Waals surface area contributed by atoms with Crippen LogP contribution in [0, 0.1) is 13.8 Å². The van der Waals surface area contributed by atoms with Crippen molar-refractivity contribution < 1.29 is 19.1 Å². The van der Waals surface area contributed by atoms with Gasteiger partial charge in [-0.25, -0.2) is 4.79 Å². The number of anilines is 2. The number of pyridine rings is 1. The SMILES string of the molecule is COCC(=O)Nc1ccc(N2C(=S)NC(c3ccccn3)C2c2cc(C)n(-c3cccc(C(=O)OC)c3)c2C)cc1. The molecular weight excluding hydrogens is 538 g/mol. The summed E-state index contributed by atoms with van der Waals surface area (Å²) in [5.74, 6) is -0.612. The summed E-state index contributed by atoms with van der Waals surface area (Å²) in [5.41, 5.74) is 6.81. The molecule has 0 radical (unpaired) electrons. The third-order valence-corrected chi connectivity index (χ3v) is 7.43. The van der Waals surface area contributed by atoms with Gasteiger partial charge in [0.25, 0.3) is 0 Å². The van der Waals surface area contributed by atoms with Crippen LogP contribution in [0.1, 0.15) is 45.1 Å². The standard InChI is InChI=1S/C31H31N5O4S/c1-19-16-25(20(2)35(19)24-9-7-8-21(17-24)30(38)40-4)29-28(26-10-5-6-15-32-26)34-31(41)36(29)23-13-11-22(12-14-23)33-27(37)18-39-3/h5-17,28-29H,18H2,1-4H3,(H,33,37)(H,34,41). The first-order valence-electron chi connectivity index (χ1n) is 13.1. The highest BCUT2D eigenvalue weighted by atomic mass is 32.1. The van der Waals surface area contributed by atoms with Crippen LogP contribution in [0.15, 0.2) is 79.0 Å². The number of thiocarbonyl (C=S) groups is 1. The molecule has 1 fully saturated rings. The zero-order valence-electron chi connectivity index (χ0n) is 23.3. The quantitative estimate of drug-likeness (QED) is 0.225. The lowest BCUT2D eigenvalue weighted by molar-refractivity contribution is -0.119. The molecule has 2 atom stereocenters. The van der Waals surface area contributed by atoms with Gasteiger partial charge in [-0.15, -0.1) is 0 Å². The number of rotatable bonds is 8. The van der Waals surface area contributed by atoms with E-state index in [2.05, 4.69) is 38.1 Å². The molecule has 2 N–H and O–H groups in total. The van der Waals surface area contributed by atoms with Crippen LogP contribution < -0.4 is 15.5 Å². The number of nitrogens with one attached hydrogen (secondary N) is 2. The molecule has 1 aliphatic rings. The maximum absolute atomic E-state index is 12.2. The number of hydrogen-bond donors (Lipinski definition) is 2. The minimum absolute atomic E-state index is 0.0200. The van der Waals surface area contributed by atoms with Crippen LogP contribution >= 0.6 is 12.2 Å². The van der Waals surface area contributed by atoms with Crippen LogP contribution in [0.4, 0.5) is 11.4 Å². The van der Waals surface area contributed by atoms with Crippen LogP contribution in [-0.2, 0) is 14.3 Å². The molecule has 9 nitrogen and oxygen atoms in total. The van der Waals surface area contributed by atoms with Gasteiger partial charge in [-0.2, -0.15) is 0 Å². The van der Waals surface area contributed by atoms with Gasteiger partial charge in [0.1, 0.15) is 6.61 Å². The van der Waals surface area contributed by atoms with Crippen LogP contribution in [0.25, 0.3) is 5.69 Å². The third kappa shape index (κ3) is 5.57. The Kier molecular flexibility index (Phi) is 8.14. The second-order valence-electron chi connectivity index (χ2n) is 9.73. The number of nitrogens with zero attached hydrogens (tertiary/aromatic N) is 3. The van der Waals surface area contributed by atoms with Gasteiger partial charge in [0.05, 0.1) is 30.5 Å². The van der Waals surface area contributed by atoms with E-state index in [1.54, 1.807) is 12.3 Å². The van der Waals surface area contributed by atoms with Gasteiger partial charge in [-0.3, -0.25) is 9.78 Å². The fraction of sp³-hybridized carbons (Fsp3) is 0.226. The van der Waals surface area contributed by atoms with Crippen LogP contribution in [0.2, 0.25) is 0 Å². The smallest absolute Gasteiger partial charge is 0.337 e. The van der Waals surface area contributed by atoms with Crippen molar-refractivity contribution in [2.45, 2.75) is 25.9 Å². The number of esters is 1. The van der Waals surface area contributed by atoms with Gasteiger partial charge in [-0.1, -0.05) is 12.1 Å². The number of benzene rings is 2. The molecule has 0 bridgehead atoms. The Bertz CT molecular complexity index is 1590. The fourth-order valence-corrected chi connectivity index (χ4v) is 5.70. The van der Waals surface area contributed by atoms with E-state index in [4.69, 9.17) is 21.7 Å². The van der Waals surface area contributed by atoms with Gasteiger partial charge >= 0.3 is 5.97 Å². The van der Waals surface area contributed by atoms with E-state index in [-0.39, 0.29) is 30.6 Å². The number of amides is 1. The predicted octanol–water partition coefficient (Wildman–Crippen LogP) is 5.04. The number of ether oxygens (including phenoxy) is 2. The Labute approximate surface area is 244 Å². The van der Waals surface area contributed by atoms with Crippen molar-refractivity contribution in [3.05, 3.63) is 107 Å². The van der Waals surface area contributed by atoms with E-state index in [0.717, 1.165) is 34.0 Å².